The van der Waals surface area contributed by atoms with Gasteiger partial charge in [-0.15, -0.1) is 0 Å². The molecule has 3 aliphatic rings. The average Bonchev–Trinajstić information content (AvgIpc) is 3.43. The number of fused-ring (bicyclic) bond motifs is 3. The summed E-state index contributed by atoms with van der Waals surface area (Å²) in [7, 11) is 0. The van der Waals surface area contributed by atoms with Gasteiger partial charge in [-0.3, -0.25) is 10.1 Å². The molecule has 0 aliphatic carbocycles. The summed E-state index contributed by atoms with van der Waals surface area (Å²) in [5, 5.41) is 8.85. The molecule has 1 saturated heterocycles. The van der Waals surface area contributed by atoms with E-state index >= 15 is 0 Å². The zero-order valence-corrected chi connectivity index (χ0v) is 18.9. The Morgan fingerprint density at radius 3 is 2.79 bits per heavy atom. The van der Waals surface area contributed by atoms with Crippen LogP contribution in [-0.4, -0.2) is 45.4 Å². The van der Waals surface area contributed by atoms with Crippen molar-refractivity contribution in [3.8, 4) is 5.75 Å². The lowest BCUT2D eigenvalue weighted by molar-refractivity contribution is 0.0431. The van der Waals surface area contributed by atoms with E-state index in [9.17, 15) is 0 Å². The van der Waals surface area contributed by atoms with Crippen LogP contribution in [0.5, 0.6) is 5.75 Å². The first-order valence-electron chi connectivity index (χ1n) is 12.1. The Balaban J connectivity index is 1.13. The van der Waals surface area contributed by atoms with Crippen LogP contribution in [0.1, 0.15) is 36.6 Å². The molecule has 0 bridgehead atoms. The van der Waals surface area contributed by atoms with Crippen LogP contribution >= 0.6 is 0 Å². The molecule has 7 rings (SSSR count). The number of hydrogen-bond donors (Lipinski definition) is 2. The van der Waals surface area contributed by atoms with Gasteiger partial charge in [0.1, 0.15) is 17.2 Å². The predicted molar refractivity (Wildman–Crippen MR) is 132 cm³/mol. The first kappa shape index (κ1) is 19.8. The highest BCUT2D eigenvalue weighted by molar-refractivity contribution is 5.91. The lowest BCUT2D eigenvalue weighted by atomic mass is 9.83. The molecule has 4 aromatic rings. The van der Waals surface area contributed by atoms with E-state index in [0.29, 0.717) is 0 Å². The Hall–Kier alpha value is -3.65. The molecule has 3 N–H and O–H groups in total. The fourth-order valence-corrected chi connectivity index (χ4v) is 5.80. The zero-order chi connectivity index (χ0) is 22.7. The SMILES string of the molecule is N[C@@H]1c2ccccc2OC12CCN(c1ccc3c(N4CCCc5ncccc54)n[nH]c3n1)CC2. The van der Waals surface area contributed by atoms with Crippen molar-refractivity contribution in [2.24, 2.45) is 5.73 Å². The third-order valence-corrected chi connectivity index (χ3v) is 7.66. The number of aromatic amines is 1. The summed E-state index contributed by atoms with van der Waals surface area (Å²) in [6.45, 7) is 2.63. The topological polar surface area (TPSA) is 96.2 Å². The summed E-state index contributed by atoms with van der Waals surface area (Å²) >= 11 is 0. The molecule has 1 spiro atoms. The van der Waals surface area contributed by atoms with Gasteiger partial charge in [-0.2, -0.15) is 5.10 Å². The lowest BCUT2D eigenvalue weighted by Crippen LogP contribution is -2.51. The minimum atomic E-state index is -0.318. The molecule has 8 heteroatoms. The summed E-state index contributed by atoms with van der Waals surface area (Å²) in [6, 6.07) is 16.4. The lowest BCUT2D eigenvalue weighted by Gasteiger charge is -2.41. The van der Waals surface area contributed by atoms with Crippen LogP contribution in [0.15, 0.2) is 54.7 Å². The predicted octanol–water partition coefficient (Wildman–Crippen LogP) is 3.87. The highest BCUT2D eigenvalue weighted by Crippen LogP contribution is 2.47. The molecule has 6 heterocycles. The third-order valence-electron chi connectivity index (χ3n) is 7.66. The molecule has 0 amide bonds. The van der Waals surface area contributed by atoms with Gasteiger partial charge in [0.2, 0.25) is 0 Å². The highest BCUT2D eigenvalue weighted by Gasteiger charge is 2.48. The van der Waals surface area contributed by atoms with E-state index < -0.39 is 0 Å². The van der Waals surface area contributed by atoms with Crippen molar-refractivity contribution in [2.75, 3.05) is 29.4 Å². The van der Waals surface area contributed by atoms with Crippen molar-refractivity contribution in [3.63, 3.8) is 0 Å². The largest absolute Gasteiger partial charge is 0.485 e. The Kier molecular flexibility index (Phi) is 4.32. The van der Waals surface area contributed by atoms with Crippen molar-refractivity contribution in [1.29, 1.82) is 0 Å². The van der Waals surface area contributed by atoms with E-state index in [0.717, 1.165) is 90.7 Å². The number of H-pyrrole nitrogens is 1. The van der Waals surface area contributed by atoms with E-state index in [-0.39, 0.29) is 11.6 Å². The number of anilines is 3. The van der Waals surface area contributed by atoms with E-state index in [4.69, 9.17) is 15.5 Å². The molecule has 8 nitrogen and oxygen atoms in total. The number of aromatic nitrogens is 4. The van der Waals surface area contributed by atoms with Crippen molar-refractivity contribution < 1.29 is 4.74 Å². The maximum absolute atomic E-state index is 6.64. The van der Waals surface area contributed by atoms with Gasteiger partial charge in [0.05, 0.1) is 22.8 Å². The van der Waals surface area contributed by atoms with Crippen LogP contribution in [0.3, 0.4) is 0 Å². The summed E-state index contributed by atoms with van der Waals surface area (Å²) in [6.07, 6.45) is 5.67. The molecule has 3 aliphatic heterocycles. The molecule has 0 saturated carbocycles. The molecular formula is C26H27N7O. The second kappa shape index (κ2) is 7.43. The van der Waals surface area contributed by atoms with E-state index in [1.54, 1.807) is 0 Å². The molecule has 0 unspecified atom stereocenters. The number of ether oxygens (including phenoxy) is 1. The van der Waals surface area contributed by atoms with Crippen LogP contribution in [0.2, 0.25) is 0 Å². The maximum atomic E-state index is 6.64. The average molecular weight is 454 g/mol. The van der Waals surface area contributed by atoms with Gasteiger partial charge in [0, 0.05) is 44.2 Å². The molecule has 1 atom stereocenters. The standard InChI is InChI=1S/C26H27N7O/c27-23-17-5-1-2-8-21(17)34-26(23)11-15-32(16-12-26)22-10-9-18-24(29-22)30-31-25(18)33-14-4-6-19-20(33)7-3-13-28-19/h1-3,5,7-10,13,23H,4,6,11-12,14-16,27H2,(H,29,30,31)/t23-/m1/s1. The minimum absolute atomic E-state index is 0.0848. The normalized spacial score (nSPS) is 20.9. The smallest absolute Gasteiger partial charge is 0.164 e. The van der Waals surface area contributed by atoms with Gasteiger partial charge in [0.15, 0.2) is 11.5 Å². The number of rotatable bonds is 2. The molecule has 3 aromatic heterocycles. The van der Waals surface area contributed by atoms with Gasteiger partial charge in [-0.05, 0) is 43.2 Å². The van der Waals surface area contributed by atoms with Crippen molar-refractivity contribution >= 4 is 28.4 Å². The van der Waals surface area contributed by atoms with Gasteiger partial charge < -0.3 is 20.3 Å². The summed E-state index contributed by atoms with van der Waals surface area (Å²) in [4.78, 5) is 14.1. The van der Waals surface area contributed by atoms with Crippen molar-refractivity contribution in [3.05, 3.63) is 66.0 Å². The van der Waals surface area contributed by atoms with Gasteiger partial charge in [-0.1, -0.05) is 18.2 Å². The van der Waals surface area contributed by atoms with Crippen LogP contribution in [-0.2, 0) is 6.42 Å². The zero-order valence-electron chi connectivity index (χ0n) is 18.9. The van der Waals surface area contributed by atoms with Crippen LogP contribution in [0.25, 0.3) is 11.0 Å². The summed E-state index contributed by atoms with van der Waals surface area (Å²) < 4.78 is 6.40. The fraction of sp³-hybridized carbons (Fsp3) is 0.346. The van der Waals surface area contributed by atoms with Crippen LogP contribution in [0, 0.1) is 0 Å². The van der Waals surface area contributed by atoms with E-state index in [1.165, 1.54) is 0 Å². The fourth-order valence-electron chi connectivity index (χ4n) is 5.80. The van der Waals surface area contributed by atoms with Crippen molar-refractivity contribution in [1.82, 2.24) is 20.2 Å². The Labute approximate surface area is 197 Å². The Morgan fingerprint density at radius 2 is 1.91 bits per heavy atom. The molecule has 0 radical (unpaired) electrons. The van der Waals surface area contributed by atoms with E-state index in [1.807, 2.05) is 30.5 Å². The maximum Gasteiger partial charge on any atom is 0.164 e. The van der Waals surface area contributed by atoms with Crippen LogP contribution < -0.4 is 20.3 Å². The molecule has 172 valence electrons. The van der Waals surface area contributed by atoms with Crippen LogP contribution in [0.4, 0.5) is 17.3 Å². The van der Waals surface area contributed by atoms with Gasteiger partial charge >= 0.3 is 0 Å². The molecular weight excluding hydrogens is 426 g/mol. The molecule has 34 heavy (non-hydrogen) atoms. The number of para-hydroxylation sites is 1. The van der Waals surface area contributed by atoms with Gasteiger partial charge in [-0.25, -0.2) is 4.98 Å². The number of nitrogens with two attached hydrogens (primary N) is 1. The van der Waals surface area contributed by atoms with Crippen molar-refractivity contribution in [2.45, 2.75) is 37.3 Å². The third kappa shape index (κ3) is 2.91. The minimum Gasteiger partial charge on any atom is -0.485 e. The second-order valence-electron chi connectivity index (χ2n) is 9.51. The number of nitrogens with zero attached hydrogens (tertiary/aromatic N) is 5. The number of benzene rings is 1. The monoisotopic (exact) mass is 453 g/mol. The number of aryl methyl sites for hydroxylation is 1. The second-order valence-corrected chi connectivity index (χ2v) is 9.51. The first-order chi connectivity index (χ1) is 16.7. The Bertz CT molecular complexity index is 1370. The number of nitrogens with one attached hydrogen (secondary N) is 1. The quantitative estimate of drug-likeness (QED) is 0.476. The first-order valence-corrected chi connectivity index (χ1v) is 12.1. The number of hydrogen-bond acceptors (Lipinski definition) is 7. The molecule has 1 aromatic carbocycles. The summed E-state index contributed by atoms with van der Waals surface area (Å²) in [5.41, 5.74) is 10.5. The van der Waals surface area contributed by atoms with Gasteiger partial charge in [0.25, 0.3) is 0 Å². The number of piperidine rings is 1. The summed E-state index contributed by atoms with van der Waals surface area (Å²) in [5.74, 6) is 2.81. The number of pyridine rings is 2. The molecule has 1 fully saturated rings. The Morgan fingerprint density at radius 1 is 1.03 bits per heavy atom. The van der Waals surface area contributed by atoms with E-state index in [2.05, 4.69) is 49.2 Å². The highest BCUT2D eigenvalue weighted by atomic mass is 16.5.